The molecule has 3 rings (SSSR count). The Labute approximate surface area is 162 Å². The van der Waals surface area contributed by atoms with Gasteiger partial charge in [0.05, 0.1) is 6.33 Å². The minimum Gasteiger partial charge on any atom is -0.339 e. The van der Waals surface area contributed by atoms with Gasteiger partial charge in [0.15, 0.2) is 5.03 Å². The number of benzene rings is 1. The third-order valence-corrected chi connectivity index (χ3v) is 6.80. The van der Waals surface area contributed by atoms with E-state index < -0.39 is 10.0 Å². The molecule has 27 heavy (non-hydrogen) atoms. The van der Waals surface area contributed by atoms with Crippen LogP contribution in [0.3, 0.4) is 0 Å². The fourth-order valence-electron chi connectivity index (χ4n) is 3.50. The van der Waals surface area contributed by atoms with E-state index in [-0.39, 0.29) is 22.4 Å². The van der Waals surface area contributed by atoms with Crippen molar-refractivity contribution in [2.45, 2.75) is 44.2 Å². The number of hydrogen-bond acceptors (Lipinski definition) is 4. The number of nitrogens with one attached hydrogen (secondary N) is 1. The first-order chi connectivity index (χ1) is 12.7. The first-order valence-corrected chi connectivity index (χ1v) is 10.9. The maximum atomic E-state index is 13.0. The van der Waals surface area contributed by atoms with Crippen LogP contribution in [0.15, 0.2) is 47.9 Å². The summed E-state index contributed by atoms with van der Waals surface area (Å²) in [6.45, 7) is 8.45. The average Bonchev–Trinajstić information content (AvgIpc) is 3.22. The molecule has 6 nitrogen and oxygen atoms in total. The summed E-state index contributed by atoms with van der Waals surface area (Å²) in [7, 11) is -1.81. The lowest BCUT2D eigenvalue weighted by Crippen LogP contribution is -2.38. The van der Waals surface area contributed by atoms with Gasteiger partial charge < -0.3 is 9.88 Å². The lowest BCUT2D eigenvalue weighted by atomic mass is 9.91. The van der Waals surface area contributed by atoms with Crippen LogP contribution in [0.2, 0.25) is 0 Å². The van der Waals surface area contributed by atoms with Gasteiger partial charge in [-0.05, 0) is 23.9 Å². The van der Waals surface area contributed by atoms with E-state index in [1.54, 1.807) is 22.1 Å². The molecule has 1 aliphatic heterocycles. The molecule has 0 spiro atoms. The largest absolute Gasteiger partial charge is 0.339 e. The molecular weight excluding hydrogens is 360 g/mol. The van der Waals surface area contributed by atoms with E-state index in [1.165, 1.54) is 11.9 Å². The topological polar surface area (TPSA) is 67.2 Å². The Morgan fingerprint density at radius 2 is 1.89 bits per heavy atom. The normalized spacial score (nSPS) is 21.6. The zero-order chi connectivity index (χ0) is 19.7. The molecule has 2 atom stereocenters. The van der Waals surface area contributed by atoms with Crippen LogP contribution in [0.5, 0.6) is 0 Å². The molecule has 0 saturated carbocycles. The van der Waals surface area contributed by atoms with E-state index in [1.807, 2.05) is 18.2 Å². The summed E-state index contributed by atoms with van der Waals surface area (Å²) in [6.07, 6.45) is 4.13. The molecule has 2 heterocycles. The Balaban J connectivity index is 1.80. The molecule has 1 aromatic carbocycles. The quantitative estimate of drug-likeness (QED) is 0.823. The summed E-state index contributed by atoms with van der Waals surface area (Å²) >= 11 is 0. The van der Waals surface area contributed by atoms with Crippen LogP contribution in [-0.4, -0.2) is 48.0 Å². The van der Waals surface area contributed by atoms with Crippen LogP contribution in [0.4, 0.5) is 0 Å². The van der Waals surface area contributed by atoms with Gasteiger partial charge in [-0.25, -0.2) is 13.4 Å². The van der Waals surface area contributed by atoms with Crippen LogP contribution in [-0.2, 0) is 17.1 Å². The highest BCUT2D eigenvalue weighted by Gasteiger charge is 2.40. The van der Waals surface area contributed by atoms with E-state index in [9.17, 15) is 8.42 Å². The van der Waals surface area contributed by atoms with Gasteiger partial charge in [0.1, 0.15) is 0 Å². The highest BCUT2D eigenvalue weighted by atomic mass is 32.2. The maximum absolute atomic E-state index is 13.0. The molecule has 1 saturated heterocycles. The highest BCUT2D eigenvalue weighted by Crippen LogP contribution is 2.31. The highest BCUT2D eigenvalue weighted by molar-refractivity contribution is 7.89. The Kier molecular flexibility index (Phi) is 5.74. The summed E-state index contributed by atoms with van der Waals surface area (Å²) in [5, 5.41) is 3.73. The van der Waals surface area contributed by atoms with E-state index in [0.717, 1.165) is 13.0 Å². The molecule has 1 aliphatic rings. The van der Waals surface area contributed by atoms with Gasteiger partial charge in [-0.2, -0.15) is 4.31 Å². The Morgan fingerprint density at radius 1 is 1.19 bits per heavy atom. The van der Waals surface area contributed by atoms with Crippen molar-refractivity contribution in [3.05, 3.63) is 48.4 Å². The predicted molar refractivity (Wildman–Crippen MR) is 107 cm³/mol. The molecule has 2 unspecified atom stereocenters. The van der Waals surface area contributed by atoms with Crippen molar-refractivity contribution in [1.29, 1.82) is 0 Å². The van der Waals surface area contributed by atoms with Crippen molar-refractivity contribution in [3.63, 3.8) is 0 Å². The predicted octanol–water partition coefficient (Wildman–Crippen LogP) is 2.60. The van der Waals surface area contributed by atoms with Crippen LogP contribution in [0.25, 0.3) is 0 Å². The number of imidazole rings is 1. The molecule has 0 amide bonds. The van der Waals surface area contributed by atoms with Crippen LogP contribution in [0, 0.1) is 5.41 Å². The van der Waals surface area contributed by atoms with Crippen LogP contribution in [0.1, 0.15) is 38.7 Å². The fourth-order valence-corrected chi connectivity index (χ4v) is 4.95. The molecule has 7 heteroatoms. The van der Waals surface area contributed by atoms with Crippen molar-refractivity contribution >= 4 is 10.0 Å². The Bertz CT molecular complexity index is 856. The number of hydrogen-bond donors (Lipinski definition) is 1. The summed E-state index contributed by atoms with van der Waals surface area (Å²) in [6, 6.07) is 10.3. The summed E-state index contributed by atoms with van der Waals surface area (Å²) in [4.78, 5) is 4.06. The van der Waals surface area contributed by atoms with E-state index in [0.29, 0.717) is 13.1 Å². The van der Waals surface area contributed by atoms with Gasteiger partial charge in [-0.1, -0.05) is 51.1 Å². The van der Waals surface area contributed by atoms with Crippen molar-refractivity contribution in [1.82, 2.24) is 19.2 Å². The zero-order valence-corrected chi connectivity index (χ0v) is 17.4. The van der Waals surface area contributed by atoms with Crippen molar-refractivity contribution in [3.8, 4) is 0 Å². The van der Waals surface area contributed by atoms with Crippen molar-refractivity contribution < 1.29 is 8.42 Å². The molecule has 0 radical (unpaired) electrons. The number of sulfonamides is 1. The average molecular weight is 391 g/mol. The molecule has 0 bridgehead atoms. The van der Waals surface area contributed by atoms with Gasteiger partial charge in [0.2, 0.25) is 0 Å². The summed E-state index contributed by atoms with van der Waals surface area (Å²) in [5.41, 5.74) is 1.41. The standard InChI is InChI=1S/C20H30N4O2S/c1-20(2,3)10-11-21-18-13-24(12-17(18)16-8-6-5-7-9-16)27(25,26)19-14-23(4)15-22-19/h5-9,14-15,17-18,21H,10-13H2,1-4H3. The number of aromatic nitrogens is 2. The minimum atomic E-state index is -3.58. The molecule has 1 N–H and O–H groups in total. The SMILES string of the molecule is Cn1cnc(S(=O)(=O)N2CC(NCCC(C)(C)C)C(c3ccccc3)C2)c1. The Morgan fingerprint density at radius 3 is 2.48 bits per heavy atom. The van der Waals surface area contributed by atoms with E-state index in [2.05, 4.69) is 43.2 Å². The second kappa shape index (κ2) is 7.73. The van der Waals surface area contributed by atoms with Crippen LogP contribution >= 0.6 is 0 Å². The first-order valence-electron chi connectivity index (χ1n) is 9.43. The third kappa shape index (κ3) is 4.78. The maximum Gasteiger partial charge on any atom is 0.262 e. The molecule has 1 aromatic heterocycles. The lowest BCUT2D eigenvalue weighted by molar-refractivity contribution is 0.350. The van der Waals surface area contributed by atoms with Gasteiger partial charge in [-0.15, -0.1) is 0 Å². The van der Waals surface area contributed by atoms with Gasteiger partial charge >= 0.3 is 0 Å². The number of nitrogens with zero attached hydrogens (tertiary/aromatic N) is 3. The van der Waals surface area contributed by atoms with Crippen molar-refractivity contribution in [2.24, 2.45) is 12.5 Å². The second-order valence-corrected chi connectivity index (χ2v) is 10.5. The van der Waals surface area contributed by atoms with Gasteiger partial charge in [-0.3, -0.25) is 0 Å². The minimum absolute atomic E-state index is 0.0910. The van der Waals surface area contributed by atoms with Gasteiger partial charge in [0, 0.05) is 38.3 Å². The van der Waals surface area contributed by atoms with Crippen LogP contribution < -0.4 is 5.32 Å². The van der Waals surface area contributed by atoms with Gasteiger partial charge in [0.25, 0.3) is 10.0 Å². The lowest BCUT2D eigenvalue weighted by Gasteiger charge is -2.23. The van der Waals surface area contributed by atoms with Crippen molar-refractivity contribution in [2.75, 3.05) is 19.6 Å². The smallest absolute Gasteiger partial charge is 0.262 e. The molecule has 148 valence electrons. The third-order valence-electron chi connectivity index (χ3n) is 5.08. The monoisotopic (exact) mass is 390 g/mol. The van der Waals surface area contributed by atoms with E-state index in [4.69, 9.17) is 0 Å². The molecule has 1 fully saturated rings. The molecular formula is C20H30N4O2S. The number of aryl methyl sites for hydroxylation is 1. The fraction of sp³-hybridized carbons (Fsp3) is 0.550. The second-order valence-electron chi connectivity index (χ2n) is 8.59. The summed E-state index contributed by atoms with van der Waals surface area (Å²) in [5.74, 6) is 0.129. The van der Waals surface area contributed by atoms with E-state index >= 15 is 0 Å². The molecule has 0 aliphatic carbocycles. The Hall–Kier alpha value is -1.70. The zero-order valence-electron chi connectivity index (χ0n) is 16.6. The summed E-state index contributed by atoms with van der Waals surface area (Å²) < 4.78 is 29.3. The first kappa shape index (κ1) is 20.0. The molecule has 2 aromatic rings. The number of rotatable bonds is 6.